The third-order valence-corrected chi connectivity index (χ3v) is 5.41. The lowest BCUT2D eigenvalue weighted by Crippen LogP contribution is -2.33. The highest BCUT2D eigenvalue weighted by atomic mass is 32.2. The van der Waals surface area contributed by atoms with E-state index in [4.69, 9.17) is 10.5 Å². The van der Waals surface area contributed by atoms with Gasteiger partial charge in [-0.2, -0.15) is 0 Å². The summed E-state index contributed by atoms with van der Waals surface area (Å²) >= 11 is 0. The summed E-state index contributed by atoms with van der Waals surface area (Å²) in [6, 6.07) is 3.62. The Bertz CT molecular complexity index is 578. The Hall–Kier alpha value is -1.11. The van der Waals surface area contributed by atoms with Crippen molar-refractivity contribution >= 4 is 15.7 Å². The van der Waals surface area contributed by atoms with Gasteiger partial charge in [-0.05, 0) is 43.7 Å². The fourth-order valence-corrected chi connectivity index (χ4v) is 3.96. The molecule has 1 aliphatic rings. The van der Waals surface area contributed by atoms with Crippen LogP contribution in [0.5, 0.6) is 0 Å². The lowest BCUT2D eigenvalue weighted by Gasteiger charge is -2.22. The predicted molar refractivity (Wildman–Crippen MR) is 79.1 cm³/mol. The second kappa shape index (κ2) is 6.11. The van der Waals surface area contributed by atoms with Crippen molar-refractivity contribution in [2.24, 2.45) is 5.92 Å². The summed E-state index contributed by atoms with van der Waals surface area (Å²) in [5.41, 5.74) is 7.73. The highest BCUT2D eigenvalue weighted by Crippen LogP contribution is 2.26. The Labute approximate surface area is 120 Å². The number of nitrogens with one attached hydrogen (secondary N) is 1. The minimum Gasteiger partial charge on any atom is -0.397 e. The molecule has 0 radical (unpaired) electrons. The molecule has 0 spiro atoms. The summed E-state index contributed by atoms with van der Waals surface area (Å²) in [7, 11) is -3.56. The molecule has 3 N–H and O–H groups in total. The van der Waals surface area contributed by atoms with Crippen molar-refractivity contribution in [1.82, 2.24) is 4.72 Å². The lowest BCUT2D eigenvalue weighted by atomic mass is 10.0. The van der Waals surface area contributed by atoms with E-state index < -0.39 is 10.0 Å². The minimum absolute atomic E-state index is 0.213. The molecule has 1 aliphatic heterocycles. The molecule has 6 heteroatoms. The SMILES string of the molecule is Cc1ccc(C)c(S(=O)(=O)NCC2CCOCC2)c1N. The van der Waals surface area contributed by atoms with Gasteiger partial charge in [0.15, 0.2) is 0 Å². The molecule has 1 fully saturated rings. The third kappa shape index (κ3) is 3.31. The van der Waals surface area contributed by atoms with E-state index in [2.05, 4.69) is 4.72 Å². The van der Waals surface area contributed by atoms with E-state index in [1.807, 2.05) is 13.0 Å². The molecule has 1 saturated heterocycles. The number of rotatable bonds is 4. The van der Waals surface area contributed by atoms with Crippen LogP contribution in [0.1, 0.15) is 24.0 Å². The van der Waals surface area contributed by atoms with Gasteiger partial charge in [-0.15, -0.1) is 0 Å². The highest BCUT2D eigenvalue weighted by Gasteiger charge is 2.23. The third-order valence-electron chi connectivity index (χ3n) is 3.78. The number of aryl methyl sites for hydroxylation is 2. The van der Waals surface area contributed by atoms with Crippen LogP contribution in [-0.4, -0.2) is 28.2 Å². The van der Waals surface area contributed by atoms with Crippen LogP contribution in [0.4, 0.5) is 5.69 Å². The molecule has 1 aromatic carbocycles. The quantitative estimate of drug-likeness (QED) is 0.827. The number of hydrogen-bond donors (Lipinski definition) is 2. The Morgan fingerprint density at radius 3 is 2.50 bits per heavy atom. The molecule has 1 heterocycles. The van der Waals surface area contributed by atoms with Gasteiger partial charge in [0.1, 0.15) is 4.90 Å². The maximum absolute atomic E-state index is 12.4. The highest BCUT2D eigenvalue weighted by molar-refractivity contribution is 7.89. The van der Waals surface area contributed by atoms with Crippen LogP contribution in [-0.2, 0) is 14.8 Å². The zero-order chi connectivity index (χ0) is 14.8. The number of hydrogen-bond acceptors (Lipinski definition) is 4. The Morgan fingerprint density at radius 1 is 1.25 bits per heavy atom. The molecule has 0 atom stereocenters. The van der Waals surface area contributed by atoms with Crippen LogP contribution < -0.4 is 10.5 Å². The summed E-state index contributed by atoms with van der Waals surface area (Å²) < 4.78 is 32.9. The molecule has 2 rings (SSSR count). The zero-order valence-electron chi connectivity index (χ0n) is 12.0. The zero-order valence-corrected chi connectivity index (χ0v) is 12.8. The van der Waals surface area contributed by atoms with Gasteiger partial charge in [-0.25, -0.2) is 13.1 Å². The molecule has 0 aromatic heterocycles. The maximum atomic E-state index is 12.4. The van der Waals surface area contributed by atoms with Crippen LogP contribution in [0, 0.1) is 19.8 Å². The molecular weight excluding hydrogens is 276 g/mol. The van der Waals surface area contributed by atoms with E-state index in [-0.39, 0.29) is 4.90 Å². The molecule has 0 amide bonds. The molecule has 0 unspecified atom stereocenters. The van der Waals surface area contributed by atoms with Gasteiger partial charge in [0.25, 0.3) is 0 Å². The molecule has 0 bridgehead atoms. The van der Waals surface area contributed by atoms with E-state index in [9.17, 15) is 8.42 Å². The van der Waals surface area contributed by atoms with E-state index >= 15 is 0 Å². The summed E-state index contributed by atoms with van der Waals surface area (Å²) in [6.45, 7) is 5.43. The van der Waals surface area contributed by atoms with Crippen molar-refractivity contribution in [3.63, 3.8) is 0 Å². The van der Waals surface area contributed by atoms with Crippen LogP contribution in [0.25, 0.3) is 0 Å². The van der Waals surface area contributed by atoms with Gasteiger partial charge in [0, 0.05) is 19.8 Å². The van der Waals surface area contributed by atoms with Gasteiger partial charge >= 0.3 is 0 Å². The van der Waals surface area contributed by atoms with Gasteiger partial charge in [0.05, 0.1) is 5.69 Å². The molecular formula is C14H22N2O3S. The molecule has 20 heavy (non-hydrogen) atoms. The second-order valence-corrected chi connectivity index (χ2v) is 7.05. The minimum atomic E-state index is -3.56. The topological polar surface area (TPSA) is 81.4 Å². The number of benzene rings is 1. The predicted octanol–water partition coefficient (Wildman–Crippen LogP) is 1.59. The lowest BCUT2D eigenvalue weighted by molar-refractivity contribution is 0.0678. The van der Waals surface area contributed by atoms with Crippen molar-refractivity contribution in [1.29, 1.82) is 0 Å². The van der Waals surface area contributed by atoms with Crippen LogP contribution >= 0.6 is 0 Å². The monoisotopic (exact) mass is 298 g/mol. The summed E-state index contributed by atoms with van der Waals surface area (Å²) in [5, 5.41) is 0. The number of nitrogens with two attached hydrogens (primary N) is 1. The Balaban J connectivity index is 2.16. The van der Waals surface area contributed by atoms with Crippen LogP contribution in [0.3, 0.4) is 0 Å². The van der Waals surface area contributed by atoms with Crippen molar-refractivity contribution in [3.8, 4) is 0 Å². The van der Waals surface area contributed by atoms with Crippen molar-refractivity contribution < 1.29 is 13.2 Å². The first-order valence-electron chi connectivity index (χ1n) is 6.85. The molecule has 112 valence electrons. The average Bonchev–Trinajstić information content (AvgIpc) is 2.42. The smallest absolute Gasteiger partial charge is 0.242 e. The van der Waals surface area contributed by atoms with E-state index in [0.29, 0.717) is 36.9 Å². The number of anilines is 1. The summed E-state index contributed by atoms with van der Waals surface area (Å²) in [4.78, 5) is 0.213. The van der Waals surface area contributed by atoms with Crippen molar-refractivity contribution in [3.05, 3.63) is 23.3 Å². The van der Waals surface area contributed by atoms with Crippen molar-refractivity contribution in [2.45, 2.75) is 31.6 Å². The van der Waals surface area contributed by atoms with Gasteiger partial charge in [0.2, 0.25) is 10.0 Å². The van der Waals surface area contributed by atoms with Gasteiger partial charge in [-0.3, -0.25) is 0 Å². The first-order chi connectivity index (χ1) is 9.42. The van der Waals surface area contributed by atoms with Crippen LogP contribution in [0.15, 0.2) is 17.0 Å². The fourth-order valence-electron chi connectivity index (χ4n) is 2.41. The maximum Gasteiger partial charge on any atom is 0.242 e. The molecule has 0 aliphatic carbocycles. The molecule has 0 saturated carbocycles. The van der Waals surface area contributed by atoms with Gasteiger partial charge in [-0.1, -0.05) is 12.1 Å². The summed E-state index contributed by atoms with van der Waals surface area (Å²) in [6.07, 6.45) is 1.79. The number of nitrogen functional groups attached to an aromatic ring is 1. The van der Waals surface area contributed by atoms with E-state index in [0.717, 1.165) is 18.4 Å². The fraction of sp³-hybridized carbons (Fsp3) is 0.571. The molecule has 5 nitrogen and oxygen atoms in total. The number of sulfonamides is 1. The first-order valence-corrected chi connectivity index (χ1v) is 8.33. The average molecular weight is 298 g/mol. The van der Waals surface area contributed by atoms with Gasteiger partial charge < -0.3 is 10.5 Å². The largest absolute Gasteiger partial charge is 0.397 e. The normalized spacial score (nSPS) is 17.3. The second-order valence-electron chi connectivity index (χ2n) is 5.35. The first kappa shape index (κ1) is 15.3. The summed E-state index contributed by atoms with van der Waals surface area (Å²) in [5.74, 6) is 0.338. The van der Waals surface area contributed by atoms with Crippen molar-refractivity contribution in [2.75, 3.05) is 25.5 Å². The standard InChI is InChI=1S/C14H22N2O3S/c1-10-3-4-11(2)14(13(10)15)20(17,18)16-9-12-5-7-19-8-6-12/h3-4,12,16H,5-9,15H2,1-2H3. The van der Waals surface area contributed by atoms with E-state index in [1.54, 1.807) is 13.0 Å². The Kier molecular flexibility index (Phi) is 4.67. The van der Waals surface area contributed by atoms with Crippen LogP contribution in [0.2, 0.25) is 0 Å². The number of ether oxygens (including phenoxy) is 1. The Morgan fingerprint density at radius 2 is 1.85 bits per heavy atom. The van der Waals surface area contributed by atoms with E-state index in [1.165, 1.54) is 0 Å². The molecule has 1 aromatic rings.